The Balaban J connectivity index is 1.46. The first-order valence-corrected chi connectivity index (χ1v) is 9.83. The zero-order valence-electron chi connectivity index (χ0n) is 16.8. The fourth-order valence-corrected chi connectivity index (χ4v) is 3.08. The second-order valence-corrected chi connectivity index (χ2v) is 6.70. The van der Waals surface area contributed by atoms with Crippen LogP contribution in [0.1, 0.15) is 18.6 Å². The number of hydrogen-bond donors (Lipinski definition) is 2. The molecular weight excluding hydrogens is 386 g/mol. The number of nitrogens with one attached hydrogen (secondary N) is 2. The number of nitrogens with zero attached hydrogens (tertiary/aromatic N) is 1. The molecule has 0 aromatic heterocycles. The Bertz CT molecular complexity index is 870. The monoisotopic (exact) mass is 411 g/mol. The van der Waals surface area contributed by atoms with Gasteiger partial charge >= 0.3 is 11.8 Å². The average molecular weight is 411 g/mol. The molecule has 0 radical (unpaired) electrons. The minimum Gasteiger partial charge on any atom is -0.494 e. The highest BCUT2D eigenvalue weighted by molar-refractivity contribution is 6.39. The van der Waals surface area contributed by atoms with Gasteiger partial charge < -0.3 is 25.0 Å². The first-order valence-electron chi connectivity index (χ1n) is 9.83. The molecule has 0 aliphatic carbocycles. The molecular formula is C22H25N3O5. The summed E-state index contributed by atoms with van der Waals surface area (Å²) in [6.07, 6.45) is -0.206. The predicted molar refractivity (Wildman–Crippen MR) is 111 cm³/mol. The van der Waals surface area contributed by atoms with Crippen molar-refractivity contribution in [3.63, 3.8) is 0 Å². The highest BCUT2D eigenvalue weighted by Crippen LogP contribution is 2.21. The molecule has 30 heavy (non-hydrogen) atoms. The van der Waals surface area contributed by atoms with Crippen LogP contribution in [0.25, 0.3) is 0 Å². The Morgan fingerprint density at radius 1 is 1.07 bits per heavy atom. The first-order chi connectivity index (χ1) is 14.6. The summed E-state index contributed by atoms with van der Waals surface area (Å²) in [5.41, 5.74) is 1.46. The molecule has 1 aliphatic heterocycles. The number of ether oxygens (including phenoxy) is 2. The molecule has 2 aromatic carbocycles. The van der Waals surface area contributed by atoms with Crippen molar-refractivity contribution in [2.24, 2.45) is 0 Å². The number of amides is 3. The SMILES string of the molecule is CCOc1ccc(NC(=O)C(=O)NCC(=O)N2CCOC(c3ccccc3)C2)cc1. The number of morpholine rings is 1. The van der Waals surface area contributed by atoms with Crippen LogP contribution >= 0.6 is 0 Å². The van der Waals surface area contributed by atoms with E-state index in [1.54, 1.807) is 29.2 Å². The molecule has 1 fully saturated rings. The third-order valence-electron chi connectivity index (χ3n) is 4.62. The molecule has 3 rings (SSSR count). The van der Waals surface area contributed by atoms with E-state index < -0.39 is 11.8 Å². The van der Waals surface area contributed by atoms with E-state index in [-0.39, 0.29) is 18.6 Å². The van der Waals surface area contributed by atoms with E-state index in [9.17, 15) is 14.4 Å². The lowest BCUT2D eigenvalue weighted by Crippen LogP contribution is -2.48. The number of benzene rings is 2. The summed E-state index contributed by atoms with van der Waals surface area (Å²) >= 11 is 0. The van der Waals surface area contributed by atoms with Gasteiger partial charge in [-0.05, 0) is 36.8 Å². The van der Waals surface area contributed by atoms with Crippen LogP contribution < -0.4 is 15.4 Å². The third-order valence-corrected chi connectivity index (χ3v) is 4.62. The summed E-state index contributed by atoms with van der Waals surface area (Å²) in [6.45, 7) is 3.42. The van der Waals surface area contributed by atoms with Gasteiger partial charge in [-0.25, -0.2) is 0 Å². The van der Waals surface area contributed by atoms with E-state index >= 15 is 0 Å². The number of rotatable bonds is 6. The van der Waals surface area contributed by atoms with Crippen molar-refractivity contribution in [3.05, 3.63) is 60.2 Å². The second-order valence-electron chi connectivity index (χ2n) is 6.70. The van der Waals surface area contributed by atoms with Crippen LogP contribution in [0, 0.1) is 0 Å². The second kappa shape index (κ2) is 10.4. The Kier molecular flexibility index (Phi) is 7.40. The van der Waals surface area contributed by atoms with Gasteiger partial charge in [0.25, 0.3) is 0 Å². The molecule has 8 heteroatoms. The van der Waals surface area contributed by atoms with E-state index in [1.807, 2.05) is 37.3 Å². The fourth-order valence-electron chi connectivity index (χ4n) is 3.08. The van der Waals surface area contributed by atoms with Crippen LogP contribution in [-0.2, 0) is 19.1 Å². The number of carbonyl (C=O) groups excluding carboxylic acids is 3. The maximum Gasteiger partial charge on any atom is 0.313 e. The summed E-state index contributed by atoms with van der Waals surface area (Å²) in [5.74, 6) is -1.30. The van der Waals surface area contributed by atoms with E-state index in [1.165, 1.54) is 0 Å². The van der Waals surface area contributed by atoms with E-state index in [0.29, 0.717) is 37.7 Å². The van der Waals surface area contributed by atoms with Crippen molar-refractivity contribution in [1.29, 1.82) is 0 Å². The molecule has 1 saturated heterocycles. The molecule has 0 bridgehead atoms. The van der Waals surface area contributed by atoms with Gasteiger partial charge in [-0.2, -0.15) is 0 Å². The van der Waals surface area contributed by atoms with Gasteiger partial charge in [0.05, 0.1) is 26.3 Å². The van der Waals surface area contributed by atoms with Crippen molar-refractivity contribution in [1.82, 2.24) is 10.2 Å². The van der Waals surface area contributed by atoms with Gasteiger partial charge in [0, 0.05) is 12.2 Å². The van der Waals surface area contributed by atoms with Crippen molar-refractivity contribution in [3.8, 4) is 5.75 Å². The van der Waals surface area contributed by atoms with Crippen molar-refractivity contribution < 1.29 is 23.9 Å². The molecule has 1 atom stereocenters. The lowest BCUT2D eigenvalue weighted by atomic mass is 10.1. The van der Waals surface area contributed by atoms with Gasteiger partial charge in [0.2, 0.25) is 5.91 Å². The maximum absolute atomic E-state index is 12.5. The Morgan fingerprint density at radius 3 is 2.50 bits per heavy atom. The minimum absolute atomic E-state index is 0.206. The molecule has 158 valence electrons. The summed E-state index contributed by atoms with van der Waals surface area (Å²) in [5, 5.41) is 4.87. The Labute approximate surface area is 175 Å². The van der Waals surface area contributed by atoms with Crippen LogP contribution in [0.4, 0.5) is 5.69 Å². The van der Waals surface area contributed by atoms with Gasteiger partial charge in [-0.15, -0.1) is 0 Å². The molecule has 1 unspecified atom stereocenters. The molecule has 3 amide bonds. The normalized spacial score (nSPS) is 15.9. The van der Waals surface area contributed by atoms with Crippen LogP contribution in [0.2, 0.25) is 0 Å². The van der Waals surface area contributed by atoms with Crippen molar-refractivity contribution in [2.45, 2.75) is 13.0 Å². The topological polar surface area (TPSA) is 97.0 Å². The van der Waals surface area contributed by atoms with Gasteiger partial charge in [-0.1, -0.05) is 30.3 Å². The van der Waals surface area contributed by atoms with Crippen molar-refractivity contribution in [2.75, 3.05) is 38.2 Å². The van der Waals surface area contributed by atoms with Gasteiger partial charge in [0.15, 0.2) is 0 Å². The third kappa shape index (κ3) is 5.81. The lowest BCUT2D eigenvalue weighted by molar-refractivity contribution is -0.141. The minimum atomic E-state index is -0.870. The van der Waals surface area contributed by atoms with Crippen LogP contribution in [0.5, 0.6) is 5.75 Å². The van der Waals surface area contributed by atoms with Gasteiger partial charge in [-0.3, -0.25) is 14.4 Å². The molecule has 2 aromatic rings. The molecule has 0 saturated carbocycles. The highest BCUT2D eigenvalue weighted by atomic mass is 16.5. The number of carbonyl (C=O) groups is 3. The molecule has 1 heterocycles. The lowest BCUT2D eigenvalue weighted by Gasteiger charge is -2.33. The van der Waals surface area contributed by atoms with Crippen molar-refractivity contribution >= 4 is 23.4 Å². The van der Waals surface area contributed by atoms with Gasteiger partial charge in [0.1, 0.15) is 11.9 Å². The predicted octanol–water partition coefficient (Wildman–Crippen LogP) is 1.74. The maximum atomic E-state index is 12.5. The largest absolute Gasteiger partial charge is 0.494 e. The standard InChI is InChI=1S/C22H25N3O5/c1-2-29-18-10-8-17(9-11-18)24-22(28)21(27)23-14-20(26)25-12-13-30-19(15-25)16-6-4-3-5-7-16/h3-11,19H,2,12-15H2,1H3,(H,23,27)(H,24,28). The van der Waals surface area contributed by atoms with Crippen LogP contribution in [-0.4, -0.2) is 55.5 Å². The number of anilines is 1. The fraction of sp³-hybridized carbons (Fsp3) is 0.318. The summed E-state index contributed by atoms with van der Waals surface area (Å²) in [6, 6.07) is 16.3. The first kappa shape index (κ1) is 21.3. The molecule has 8 nitrogen and oxygen atoms in total. The molecule has 1 aliphatic rings. The zero-order chi connectivity index (χ0) is 21.3. The van der Waals surface area contributed by atoms with Crippen LogP contribution in [0.15, 0.2) is 54.6 Å². The Morgan fingerprint density at radius 2 is 1.80 bits per heavy atom. The molecule has 0 spiro atoms. The summed E-state index contributed by atoms with van der Waals surface area (Å²) < 4.78 is 11.1. The average Bonchev–Trinajstić information content (AvgIpc) is 2.79. The zero-order valence-corrected chi connectivity index (χ0v) is 16.8. The van der Waals surface area contributed by atoms with E-state index in [4.69, 9.17) is 9.47 Å². The Hall–Kier alpha value is -3.39. The highest BCUT2D eigenvalue weighted by Gasteiger charge is 2.26. The van der Waals surface area contributed by atoms with Crippen LogP contribution in [0.3, 0.4) is 0 Å². The van der Waals surface area contributed by atoms with E-state index in [0.717, 1.165) is 5.56 Å². The van der Waals surface area contributed by atoms with E-state index in [2.05, 4.69) is 10.6 Å². The molecule has 2 N–H and O–H groups in total. The summed E-state index contributed by atoms with van der Waals surface area (Å²) in [4.78, 5) is 38.2. The quantitative estimate of drug-likeness (QED) is 0.706. The number of hydrogen-bond acceptors (Lipinski definition) is 5. The smallest absolute Gasteiger partial charge is 0.313 e. The summed E-state index contributed by atoms with van der Waals surface area (Å²) in [7, 11) is 0.